The molecule has 0 aromatic heterocycles. The van der Waals surface area contributed by atoms with Gasteiger partial charge in [0.1, 0.15) is 5.60 Å². The molecule has 1 aliphatic rings. The van der Waals surface area contributed by atoms with E-state index in [-0.39, 0.29) is 6.04 Å². The fourth-order valence-electron chi connectivity index (χ4n) is 2.43. The van der Waals surface area contributed by atoms with Crippen LogP contribution in [0.5, 0.6) is 0 Å². The molecule has 1 aromatic rings. The second kappa shape index (κ2) is 5.15. The van der Waals surface area contributed by atoms with Crippen molar-refractivity contribution in [3.63, 3.8) is 0 Å². The lowest BCUT2D eigenvalue weighted by atomic mass is 10.0. The second-order valence-electron chi connectivity index (χ2n) is 6.00. The molecule has 1 aromatic carbocycles. The third-order valence-electron chi connectivity index (χ3n) is 3.14. The first-order valence-corrected chi connectivity index (χ1v) is 6.60. The molecule has 5 heteroatoms. The van der Waals surface area contributed by atoms with Crippen LogP contribution in [0.3, 0.4) is 0 Å². The minimum Gasteiger partial charge on any atom is -0.478 e. The third-order valence-corrected chi connectivity index (χ3v) is 3.14. The van der Waals surface area contributed by atoms with Crippen LogP contribution in [0.1, 0.15) is 42.3 Å². The van der Waals surface area contributed by atoms with E-state index in [9.17, 15) is 9.59 Å². The number of carboxylic acids is 1. The van der Waals surface area contributed by atoms with Crippen LogP contribution in [0.2, 0.25) is 0 Å². The Morgan fingerprint density at radius 2 is 2.00 bits per heavy atom. The predicted molar refractivity (Wildman–Crippen MR) is 74.0 cm³/mol. The van der Waals surface area contributed by atoms with Crippen LogP contribution in [0.4, 0.5) is 4.79 Å². The first kappa shape index (κ1) is 14.4. The molecule has 2 rings (SSSR count). The monoisotopic (exact) mass is 277 g/mol. The Balaban J connectivity index is 2.05. The fraction of sp³-hybridized carbons (Fsp3) is 0.467. The van der Waals surface area contributed by atoms with E-state index in [1.54, 1.807) is 32.9 Å². The molecule has 0 radical (unpaired) electrons. The SMILES string of the molecule is CC(C)(C)OC(=O)N[C@@H]1Cc2cccc(C(=O)O)c2C1. The van der Waals surface area contributed by atoms with Gasteiger partial charge < -0.3 is 15.2 Å². The summed E-state index contributed by atoms with van der Waals surface area (Å²) in [4.78, 5) is 22.9. The molecule has 1 amide bonds. The van der Waals surface area contributed by atoms with Crippen LogP contribution in [0.25, 0.3) is 0 Å². The lowest BCUT2D eigenvalue weighted by molar-refractivity contribution is 0.0506. The molecular formula is C15H19NO4. The van der Waals surface area contributed by atoms with E-state index in [1.165, 1.54) is 0 Å². The Kier molecular flexibility index (Phi) is 3.70. The first-order valence-electron chi connectivity index (χ1n) is 6.60. The highest BCUT2D eigenvalue weighted by Crippen LogP contribution is 2.26. The highest BCUT2D eigenvalue weighted by molar-refractivity contribution is 5.90. The first-order chi connectivity index (χ1) is 9.26. The number of carbonyl (C=O) groups is 2. The standard InChI is InChI=1S/C15H19NO4/c1-15(2,3)20-14(19)16-10-7-9-5-4-6-11(13(17)18)12(9)8-10/h4-6,10H,7-8H2,1-3H3,(H,16,19)(H,17,18)/t10-/m1/s1. The zero-order chi connectivity index (χ0) is 14.9. The van der Waals surface area contributed by atoms with Gasteiger partial charge in [-0.15, -0.1) is 0 Å². The van der Waals surface area contributed by atoms with Gasteiger partial charge in [-0.3, -0.25) is 0 Å². The van der Waals surface area contributed by atoms with Crippen LogP contribution in [-0.2, 0) is 17.6 Å². The predicted octanol–water partition coefficient (Wildman–Crippen LogP) is 2.38. The Morgan fingerprint density at radius 3 is 2.60 bits per heavy atom. The number of carbonyl (C=O) groups excluding carboxylic acids is 1. The highest BCUT2D eigenvalue weighted by atomic mass is 16.6. The number of carboxylic acid groups (broad SMARTS) is 1. The largest absolute Gasteiger partial charge is 0.478 e. The van der Waals surface area contributed by atoms with Crippen molar-refractivity contribution in [2.75, 3.05) is 0 Å². The Bertz CT molecular complexity index is 545. The second-order valence-corrected chi connectivity index (χ2v) is 6.00. The van der Waals surface area contributed by atoms with E-state index >= 15 is 0 Å². The van der Waals surface area contributed by atoms with E-state index in [4.69, 9.17) is 9.84 Å². The molecule has 2 N–H and O–H groups in total. The number of aromatic carboxylic acids is 1. The van der Waals surface area contributed by atoms with Gasteiger partial charge in [0.15, 0.2) is 0 Å². The van der Waals surface area contributed by atoms with Gasteiger partial charge in [0.2, 0.25) is 0 Å². The summed E-state index contributed by atoms with van der Waals surface area (Å²) in [6, 6.07) is 5.12. The van der Waals surface area contributed by atoms with Crippen LogP contribution in [-0.4, -0.2) is 28.8 Å². The number of nitrogens with one attached hydrogen (secondary N) is 1. The van der Waals surface area contributed by atoms with Crippen LogP contribution in [0, 0.1) is 0 Å². The zero-order valence-corrected chi connectivity index (χ0v) is 11.9. The summed E-state index contributed by atoms with van der Waals surface area (Å²) >= 11 is 0. The van der Waals surface area contributed by atoms with Gasteiger partial charge in [0.05, 0.1) is 5.56 Å². The summed E-state index contributed by atoms with van der Waals surface area (Å²) < 4.78 is 5.21. The lowest BCUT2D eigenvalue weighted by Crippen LogP contribution is -2.39. The van der Waals surface area contributed by atoms with Crippen molar-refractivity contribution in [2.45, 2.75) is 45.3 Å². The van der Waals surface area contributed by atoms with E-state index in [0.29, 0.717) is 18.4 Å². The van der Waals surface area contributed by atoms with Crippen molar-refractivity contribution in [3.8, 4) is 0 Å². The maximum absolute atomic E-state index is 11.7. The van der Waals surface area contributed by atoms with E-state index in [1.807, 2.05) is 6.07 Å². The number of hydrogen-bond donors (Lipinski definition) is 2. The molecule has 0 bridgehead atoms. The molecule has 1 atom stereocenters. The normalized spacial score (nSPS) is 17.4. The number of benzene rings is 1. The number of alkyl carbamates (subject to hydrolysis) is 1. The molecule has 0 aliphatic heterocycles. The molecule has 5 nitrogen and oxygen atoms in total. The maximum Gasteiger partial charge on any atom is 0.407 e. The van der Waals surface area contributed by atoms with Crippen molar-refractivity contribution in [1.29, 1.82) is 0 Å². The summed E-state index contributed by atoms with van der Waals surface area (Å²) in [5, 5.41) is 12.0. The van der Waals surface area contributed by atoms with E-state index in [0.717, 1.165) is 11.1 Å². The van der Waals surface area contributed by atoms with Gasteiger partial charge in [-0.2, -0.15) is 0 Å². The van der Waals surface area contributed by atoms with Crippen LogP contribution >= 0.6 is 0 Å². The molecule has 0 fully saturated rings. The topological polar surface area (TPSA) is 75.6 Å². The van der Waals surface area contributed by atoms with E-state index in [2.05, 4.69) is 5.32 Å². The average molecular weight is 277 g/mol. The Hall–Kier alpha value is -2.04. The lowest BCUT2D eigenvalue weighted by Gasteiger charge is -2.21. The highest BCUT2D eigenvalue weighted by Gasteiger charge is 2.28. The van der Waals surface area contributed by atoms with E-state index < -0.39 is 17.7 Å². The Labute approximate surface area is 117 Å². The van der Waals surface area contributed by atoms with Gasteiger partial charge in [-0.05, 0) is 50.8 Å². The average Bonchev–Trinajstić information content (AvgIpc) is 2.67. The maximum atomic E-state index is 11.7. The van der Waals surface area contributed by atoms with Gasteiger partial charge in [-0.25, -0.2) is 9.59 Å². The van der Waals surface area contributed by atoms with Gasteiger partial charge in [-0.1, -0.05) is 12.1 Å². The molecule has 108 valence electrons. The van der Waals surface area contributed by atoms with Gasteiger partial charge in [0, 0.05) is 6.04 Å². The summed E-state index contributed by atoms with van der Waals surface area (Å²) in [5.41, 5.74) is 1.56. The fourth-order valence-corrected chi connectivity index (χ4v) is 2.43. The van der Waals surface area contributed by atoms with Crippen molar-refractivity contribution in [3.05, 3.63) is 34.9 Å². The Morgan fingerprint density at radius 1 is 1.30 bits per heavy atom. The minimum absolute atomic E-state index is 0.111. The number of amides is 1. The van der Waals surface area contributed by atoms with Crippen molar-refractivity contribution >= 4 is 12.1 Å². The van der Waals surface area contributed by atoms with Crippen molar-refractivity contribution < 1.29 is 19.4 Å². The molecule has 1 aliphatic carbocycles. The summed E-state index contributed by atoms with van der Waals surface area (Å²) in [6.45, 7) is 5.41. The van der Waals surface area contributed by atoms with Crippen molar-refractivity contribution in [2.24, 2.45) is 0 Å². The molecule has 20 heavy (non-hydrogen) atoms. The van der Waals surface area contributed by atoms with Gasteiger partial charge >= 0.3 is 12.1 Å². The summed E-state index contributed by atoms with van der Waals surface area (Å²) in [6.07, 6.45) is 0.694. The number of fused-ring (bicyclic) bond motifs is 1. The minimum atomic E-state index is -0.931. The number of rotatable bonds is 2. The summed E-state index contributed by atoms with van der Waals surface area (Å²) in [7, 11) is 0. The van der Waals surface area contributed by atoms with Crippen LogP contribution < -0.4 is 5.32 Å². The summed E-state index contributed by atoms with van der Waals surface area (Å²) in [5.74, 6) is -0.931. The molecule has 0 spiro atoms. The van der Waals surface area contributed by atoms with Crippen molar-refractivity contribution in [1.82, 2.24) is 5.32 Å². The molecule has 0 heterocycles. The van der Waals surface area contributed by atoms with Gasteiger partial charge in [0.25, 0.3) is 0 Å². The van der Waals surface area contributed by atoms with Crippen LogP contribution in [0.15, 0.2) is 18.2 Å². The number of hydrogen-bond acceptors (Lipinski definition) is 3. The molecular weight excluding hydrogens is 258 g/mol. The smallest absolute Gasteiger partial charge is 0.407 e. The molecule has 0 unspecified atom stereocenters. The quantitative estimate of drug-likeness (QED) is 0.870. The zero-order valence-electron chi connectivity index (χ0n) is 11.9. The number of ether oxygens (including phenoxy) is 1. The molecule has 0 saturated carbocycles. The third kappa shape index (κ3) is 3.29. The molecule has 0 saturated heterocycles.